The molecule has 0 fully saturated rings. The standard InChI is InChI=1S/C15H22N2O6S/c1-4-15(2,14(19)20)17-13(18)11-5-7-12(8-6-11)24(21,22)16-9-10-23-3/h5-8,16H,4,9-10H2,1-3H3,(H,17,18)(H,19,20). The maximum atomic E-state index is 12.1. The number of hydrogen-bond donors (Lipinski definition) is 3. The van der Waals surface area contributed by atoms with E-state index < -0.39 is 27.4 Å². The summed E-state index contributed by atoms with van der Waals surface area (Å²) < 4.78 is 31.1. The van der Waals surface area contributed by atoms with E-state index >= 15 is 0 Å². The second kappa shape index (κ2) is 8.22. The Balaban J connectivity index is 2.87. The molecule has 134 valence electrons. The third kappa shape index (κ3) is 5.02. The Morgan fingerprint density at radius 1 is 1.25 bits per heavy atom. The highest BCUT2D eigenvalue weighted by atomic mass is 32.2. The van der Waals surface area contributed by atoms with Gasteiger partial charge >= 0.3 is 5.97 Å². The number of ether oxygens (including phenoxy) is 1. The fourth-order valence-electron chi connectivity index (χ4n) is 1.76. The average Bonchev–Trinajstić information content (AvgIpc) is 2.54. The second-order valence-electron chi connectivity index (χ2n) is 5.36. The molecule has 0 aliphatic rings. The first-order valence-corrected chi connectivity index (χ1v) is 8.79. The largest absolute Gasteiger partial charge is 0.480 e. The van der Waals surface area contributed by atoms with Crippen molar-refractivity contribution in [3.8, 4) is 0 Å². The van der Waals surface area contributed by atoms with Gasteiger partial charge in [-0.1, -0.05) is 6.92 Å². The summed E-state index contributed by atoms with van der Waals surface area (Å²) in [6.45, 7) is 3.43. The quantitative estimate of drug-likeness (QED) is 0.556. The Bertz CT molecular complexity index is 686. The van der Waals surface area contributed by atoms with Crippen molar-refractivity contribution in [3.05, 3.63) is 29.8 Å². The monoisotopic (exact) mass is 358 g/mol. The van der Waals surface area contributed by atoms with E-state index in [9.17, 15) is 18.0 Å². The van der Waals surface area contributed by atoms with Crippen molar-refractivity contribution < 1.29 is 27.9 Å². The summed E-state index contributed by atoms with van der Waals surface area (Å²) in [6.07, 6.45) is 0.212. The molecular weight excluding hydrogens is 336 g/mol. The normalized spacial score (nSPS) is 14.0. The Hall–Kier alpha value is -1.97. The highest BCUT2D eigenvalue weighted by molar-refractivity contribution is 7.89. The zero-order valence-electron chi connectivity index (χ0n) is 13.8. The molecule has 1 unspecified atom stereocenters. The molecule has 0 aliphatic heterocycles. The molecule has 0 aromatic heterocycles. The minimum absolute atomic E-state index is 0.00615. The molecule has 0 saturated heterocycles. The first kappa shape index (κ1) is 20.1. The number of amides is 1. The van der Waals surface area contributed by atoms with Crippen LogP contribution >= 0.6 is 0 Å². The van der Waals surface area contributed by atoms with Crippen molar-refractivity contribution in [1.29, 1.82) is 0 Å². The number of aliphatic carboxylic acids is 1. The van der Waals surface area contributed by atoms with Crippen molar-refractivity contribution in [2.45, 2.75) is 30.7 Å². The predicted octanol–water partition coefficient (Wildman–Crippen LogP) is 0.594. The molecule has 9 heteroatoms. The van der Waals surface area contributed by atoms with Crippen molar-refractivity contribution in [2.24, 2.45) is 0 Å². The highest BCUT2D eigenvalue weighted by Gasteiger charge is 2.33. The third-order valence-electron chi connectivity index (χ3n) is 3.59. The molecule has 1 atom stereocenters. The van der Waals surface area contributed by atoms with Gasteiger partial charge in [0.2, 0.25) is 10.0 Å². The van der Waals surface area contributed by atoms with Crippen LogP contribution in [0.3, 0.4) is 0 Å². The Morgan fingerprint density at radius 3 is 2.29 bits per heavy atom. The molecule has 8 nitrogen and oxygen atoms in total. The van der Waals surface area contributed by atoms with Crippen LogP contribution in [0.5, 0.6) is 0 Å². The molecule has 0 radical (unpaired) electrons. The Kier molecular flexibility index (Phi) is 6.88. The topological polar surface area (TPSA) is 122 Å². The highest BCUT2D eigenvalue weighted by Crippen LogP contribution is 2.14. The van der Waals surface area contributed by atoms with Crippen LogP contribution in [0.4, 0.5) is 0 Å². The lowest BCUT2D eigenvalue weighted by molar-refractivity contribution is -0.143. The molecule has 0 saturated carbocycles. The molecular formula is C15H22N2O6S. The summed E-state index contributed by atoms with van der Waals surface area (Å²) >= 11 is 0. The lowest BCUT2D eigenvalue weighted by Gasteiger charge is -2.24. The number of benzene rings is 1. The van der Waals surface area contributed by atoms with Crippen molar-refractivity contribution in [3.63, 3.8) is 0 Å². The Labute approximate surface area is 141 Å². The van der Waals surface area contributed by atoms with Crippen LogP contribution in [0, 0.1) is 0 Å². The van der Waals surface area contributed by atoms with E-state index in [0.29, 0.717) is 0 Å². The van der Waals surface area contributed by atoms with Crippen LogP contribution in [0.2, 0.25) is 0 Å². The zero-order valence-corrected chi connectivity index (χ0v) is 14.6. The van der Waals surface area contributed by atoms with E-state index in [2.05, 4.69) is 10.0 Å². The number of rotatable bonds is 9. The van der Waals surface area contributed by atoms with Crippen LogP contribution in [-0.4, -0.2) is 51.2 Å². The van der Waals surface area contributed by atoms with Gasteiger partial charge in [0, 0.05) is 19.2 Å². The summed E-state index contributed by atoms with van der Waals surface area (Å²) in [6, 6.07) is 5.23. The van der Waals surface area contributed by atoms with Crippen LogP contribution in [-0.2, 0) is 19.6 Å². The molecule has 3 N–H and O–H groups in total. The summed E-state index contributed by atoms with van der Waals surface area (Å²) in [4.78, 5) is 23.4. The minimum Gasteiger partial charge on any atom is -0.480 e. The number of sulfonamides is 1. The van der Waals surface area contributed by atoms with Crippen LogP contribution in [0.15, 0.2) is 29.2 Å². The van der Waals surface area contributed by atoms with E-state index in [1.807, 2.05) is 0 Å². The van der Waals surface area contributed by atoms with Gasteiger partial charge in [0.05, 0.1) is 11.5 Å². The molecule has 0 bridgehead atoms. The van der Waals surface area contributed by atoms with Crippen molar-refractivity contribution in [1.82, 2.24) is 10.0 Å². The molecule has 0 heterocycles. The molecule has 24 heavy (non-hydrogen) atoms. The lowest BCUT2D eigenvalue weighted by Crippen LogP contribution is -2.51. The van der Waals surface area contributed by atoms with Gasteiger partial charge in [0.25, 0.3) is 5.91 Å². The summed E-state index contributed by atoms with van der Waals surface area (Å²) in [7, 11) is -2.22. The maximum absolute atomic E-state index is 12.1. The molecule has 1 aromatic carbocycles. The fraction of sp³-hybridized carbons (Fsp3) is 0.467. The molecule has 1 aromatic rings. The van der Waals surface area contributed by atoms with Crippen molar-refractivity contribution >= 4 is 21.9 Å². The van der Waals surface area contributed by atoms with Gasteiger partial charge in [0.1, 0.15) is 5.54 Å². The lowest BCUT2D eigenvalue weighted by atomic mass is 9.98. The number of carboxylic acids is 1. The van der Waals surface area contributed by atoms with Gasteiger partial charge in [-0.15, -0.1) is 0 Å². The minimum atomic E-state index is -3.68. The Morgan fingerprint density at radius 2 is 1.83 bits per heavy atom. The number of nitrogens with one attached hydrogen (secondary N) is 2. The third-order valence-corrected chi connectivity index (χ3v) is 5.07. The number of carbonyl (C=O) groups excluding carboxylic acids is 1. The van der Waals surface area contributed by atoms with E-state index in [0.717, 1.165) is 0 Å². The van der Waals surface area contributed by atoms with Gasteiger partial charge < -0.3 is 15.2 Å². The van der Waals surface area contributed by atoms with Gasteiger partial charge in [-0.3, -0.25) is 4.79 Å². The van der Waals surface area contributed by atoms with Crippen LogP contribution < -0.4 is 10.0 Å². The molecule has 0 aliphatic carbocycles. The SMILES string of the molecule is CCC(C)(NC(=O)c1ccc(S(=O)(=O)NCCOC)cc1)C(=O)O. The summed E-state index contributed by atoms with van der Waals surface area (Å²) in [5.41, 5.74) is -1.21. The number of methoxy groups -OCH3 is 1. The smallest absolute Gasteiger partial charge is 0.329 e. The number of carboxylic acid groups (broad SMARTS) is 1. The summed E-state index contributed by atoms with van der Waals surface area (Å²) in [5, 5.41) is 11.6. The van der Waals surface area contributed by atoms with Gasteiger partial charge in [-0.25, -0.2) is 17.9 Å². The van der Waals surface area contributed by atoms with E-state index in [-0.39, 0.29) is 30.0 Å². The van der Waals surface area contributed by atoms with E-state index in [1.165, 1.54) is 38.3 Å². The molecule has 1 rings (SSSR count). The first-order valence-electron chi connectivity index (χ1n) is 7.31. The van der Waals surface area contributed by atoms with Crippen LogP contribution in [0.1, 0.15) is 30.6 Å². The zero-order chi connectivity index (χ0) is 18.4. The van der Waals surface area contributed by atoms with Crippen LogP contribution in [0.25, 0.3) is 0 Å². The van der Waals surface area contributed by atoms with E-state index in [4.69, 9.17) is 9.84 Å². The second-order valence-corrected chi connectivity index (χ2v) is 7.13. The first-order chi connectivity index (χ1) is 11.2. The average molecular weight is 358 g/mol. The van der Waals surface area contributed by atoms with Crippen molar-refractivity contribution in [2.75, 3.05) is 20.3 Å². The maximum Gasteiger partial charge on any atom is 0.329 e. The fourth-order valence-corrected chi connectivity index (χ4v) is 2.78. The van der Waals surface area contributed by atoms with Gasteiger partial charge in [-0.2, -0.15) is 0 Å². The van der Waals surface area contributed by atoms with Gasteiger partial charge in [0.15, 0.2) is 0 Å². The molecule has 1 amide bonds. The number of hydrogen-bond acceptors (Lipinski definition) is 5. The molecule has 0 spiro atoms. The predicted molar refractivity (Wildman–Crippen MR) is 87.3 cm³/mol. The summed E-state index contributed by atoms with van der Waals surface area (Å²) in [5.74, 6) is -1.72. The van der Waals surface area contributed by atoms with Gasteiger partial charge in [-0.05, 0) is 37.6 Å². The van der Waals surface area contributed by atoms with E-state index in [1.54, 1.807) is 6.92 Å². The number of carbonyl (C=O) groups is 2.